The number of aromatic carboxylic acids is 1. The lowest BCUT2D eigenvalue weighted by molar-refractivity contribution is -0.119. The Morgan fingerprint density at radius 3 is 2.32 bits per heavy atom. The topological polar surface area (TPSA) is 83.9 Å². The molecule has 0 atom stereocenters. The molecule has 1 aromatic carbocycles. The van der Waals surface area contributed by atoms with Gasteiger partial charge in [-0.1, -0.05) is 11.6 Å². The number of amides is 2. The number of methoxy groups -OCH3 is 1. The van der Waals surface area contributed by atoms with E-state index >= 15 is 0 Å². The van der Waals surface area contributed by atoms with Crippen molar-refractivity contribution in [1.29, 1.82) is 0 Å². The van der Waals surface area contributed by atoms with Crippen LogP contribution in [0.4, 0.5) is 5.69 Å². The first-order valence-corrected chi connectivity index (χ1v) is 5.50. The second-order valence-corrected chi connectivity index (χ2v) is 4.06. The van der Waals surface area contributed by atoms with Crippen molar-refractivity contribution < 1.29 is 24.2 Å². The number of carboxylic acids is 1. The Bertz CT molecular complexity index is 605. The summed E-state index contributed by atoms with van der Waals surface area (Å²) in [6.07, 6.45) is 2.21. The van der Waals surface area contributed by atoms with Gasteiger partial charge in [0.15, 0.2) is 0 Å². The highest BCUT2D eigenvalue weighted by atomic mass is 35.5. The quantitative estimate of drug-likeness (QED) is 0.848. The molecule has 6 nitrogen and oxygen atoms in total. The van der Waals surface area contributed by atoms with E-state index in [-0.39, 0.29) is 22.0 Å². The van der Waals surface area contributed by atoms with E-state index in [0.717, 1.165) is 23.1 Å². The van der Waals surface area contributed by atoms with E-state index in [1.165, 1.54) is 13.2 Å². The molecule has 0 saturated heterocycles. The zero-order valence-corrected chi connectivity index (χ0v) is 10.5. The SMILES string of the molecule is COc1cc(N2C(=O)C=CC2=O)c(Cl)cc1C(=O)O. The third-order valence-electron chi connectivity index (χ3n) is 2.55. The van der Waals surface area contributed by atoms with Crippen LogP contribution in [0.3, 0.4) is 0 Å². The number of rotatable bonds is 3. The molecular formula is C12H8ClNO5. The zero-order chi connectivity index (χ0) is 14.2. The van der Waals surface area contributed by atoms with Gasteiger partial charge in [-0.2, -0.15) is 0 Å². The monoisotopic (exact) mass is 281 g/mol. The number of imide groups is 1. The molecule has 0 spiro atoms. The van der Waals surface area contributed by atoms with Crippen molar-refractivity contribution in [3.63, 3.8) is 0 Å². The Labute approximate surface area is 112 Å². The molecule has 0 unspecified atom stereocenters. The summed E-state index contributed by atoms with van der Waals surface area (Å²) in [4.78, 5) is 35.0. The van der Waals surface area contributed by atoms with Gasteiger partial charge < -0.3 is 9.84 Å². The van der Waals surface area contributed by atoms with Crippen molar-refractivity contribution in [2.75, 3.05) is 12.0 Å². The first-order valence-electron chi connectivity index (χ1n) is 5.12. The molecular weight excluding hydrogens is 274 g/mol. The van der Waals surface area contributed by atoms with Crippen LogP contribution in [0.2, 0.25) is 5.02 Å². The standard InChI is InChI=1S/C12H8ClNO5/c1-19-9-5-8(7(13)4-6(9)12(17)18)14-10(15)2-3-11(14)16/h2-5H,1H3,(H,17,18). The van der Waals surface area contributed by atoms with Crippen LogP contribution in [-0.4, -0.2) is 30.0 Å². The Morgan fingerprint density at radius 1 is 1.26 bits per heavy atom. The van der Waals surface area contributed by atoms with Gasteiger partial charge in [0, 0.05) is 18.2 Å². The number of carboxylic acid groups (broad SMARTS) is 1. The predicted octanol–water partition coefficient (Wildman–Crippen LogP) is 1.48. The third kappa shape index (κ3) is 2.17. The summed E-state index contributed by atoms with van der Waals surface area (Å²) in [6, 6.07) is 2.38. The maximum Gasteiger partial charge on any atom is 0.339 e. The number of hydrogen-bond acceptors (Lipinski definition) is 4. The first kappa shape index (κ1) is 13.1. The number of ether oxygens (including phenoxy) is 1. The minimum Gasteiger partial charge on any atom is -0.496 e. The van der Waals surface area contributed by atoms with Gasteiger partial charge in [0.1, 0.15) is 11.3 Å². The van der Waals surface area contributed by atoms with Crippen LogP contribution < -0.4 is 9.64 Å². The largest absolute Gasteiger partial charge is 0.496 e. The molecule has 0 aliphatic carbocycles. The average molecular weight is 282 g/mol. The van der Waals surface area contributed by atoms with Gasteiger partial charge in [-0.25, -0.2) is 9.69 Å². The van der Waals surface area contributed by atoms with Crippen molar-refractivity contribution in [3.8, 4) is 5.75 Å². The summed E-state index contributed by atoms with van der Waals surface area (Å²) in [6.45, 7) is 0. The first-order chi connectivity index (χ1) is 8.95. The molecule has 1 aliphatic rings. The number of nitrogens with zero attached hydrogens (tertiary/aromatic N) is 1. The molecule has 1 aliphatic heterocycles. The van der Waals surface area contributed by atoms with Crippen LogP contribution in [-0.2, 0) is 9.59 Å². The third-order valence-corrected chi connectivity index (χ3v) is 2.85. The van der Waals surface area contributed by atoms with Gasteiger partial charge in [0.05, 0.1) is 17.8 Å². The van der Waals surface area contributed by atoms with E-state index in [1.54, 1.807) is 0 Å². The summed E-state index contributed by atoms with van der Waals surface area (Å²) in [5.41, 5.74) is -0.0631. The molecule has 0 aromatic heterocycles. The van der Waals surface area contributed by atoms with Crippen molar-refractivity contribution >= 4 is 35.1 Å². The van der Waals surface area contributed by atoms with E-state index in [9.17, 15) is 14.4 Å². The second-order valence-electron chi connectivity index (χ2n) is 3.65. The van der Waals surface area contributed by atoms with Gasteiger partial charge in [0.2, 0.25) is 0 Å². The number of halogens is 1. The highest BCUT2D eigenvalue weighted by molar-refractivity contribution is 6.37. The van der Waals surface area contributed by atoms with E-state index in [1.807, 2.05) is 0 Å². The Kier molecular flexibility index (Phi) is 3.26. The predicted molar refractivity (Wildman–Crippen MR) is 66.6 cm³/mol. The fourth-order valence-corrected chi connectivity index (χ4v) is 1.94. The lowest BCUT2D eigenvalue weighted by Crippen LogP contribution is -2.30. The van der Waals surface area contributed by atoms with Crippen molar-refractivity contribution in [3.05, 3.63) is 34.9 Å². The van der Waals surface area contributed by atoms with Crippen LogP contribution in [0.25, 0.3) is 0 Å². The minimum atomic E-state index is -1.22. The van der Waals surface area contributed by atoms with E-state index < -0.39 is 17.8 Å². The Balaban J connectivity index is 2.57. The number of benzene rings is 1. The molecule has 98 valence electrons. The van der Waals surface area contributed by atoms with E-state index in [0.29, 0.717) is 0 Å². The molecule has 19 heavy (non-hydrogen) atoms. The van der Waals surface area contributed by atoms with Crippen LogP contribution in [0, 0.1) is 0 Å². The summed E-state index contributed by atoms with van der Waals surface area (Å²) >= 11 is 5.92. The summed E-state index contributed by atoms with van der Waals surface area (Å²) in [5, 5.41) is 8.96. The van der Waals surface area contributed by atoms with Crippen LogP contribution in [0.5, 0.6) is 5.75 Å². The molecule has 0 fully saturated rings. The van der Waals surface area contributed by atoms with Crippen molar-refractivity contribution in [1.82, 2.24) is 0 Å². The van der Waals surface area contributed by atoms with E-state index in [4.69, 9.17) is 21.4 Å². The smallest absolute Gasteiger partial charge is 0.339 e. The fraction of sp³-hybridized carbons (Fsp3) is 0.0833. The molecule has 2 amide bonds. The average Bonchev–Trinajstić information content (AvgIpc) is 2.69. The van der Waals surface area contributed by atoms with Gasteiger partial charge in [0.25, 0.3) is 11.8 Å². The number of carbonyl (C=O) groups excluding carboxylic acids is 2. The van der Waals surface area contributed by atoms with Gasteiger partial charge in [-0.05, 0) is 6.07 Å². The molecule has 1 N–H and O–H groups in total. The number of carbonyl (C=O) groups is 3. The van der Waals surface area contributed by atoms with Crippen LogP contribution >= 0.6 is 11.6 Å². The molecule has 1 heterocycles. The highest BCUT2D eigenvalue weighted by Crippen LogP contribution is 2.34. The maximum atomic E-state index is 11.6. The van der Waals surface area contributed by atoms with E-state index in [2.05, 4.69) is 0 Å². The minimum absolute atomic E-state index is 0.0133. The molecule has 7 heteroatoms. The number of anilines is 1. The maximum absolute atomic E-state index is 11.6. The van der Waals surface area contributed by atoms with Crippen molar-refractivity contribution in [2.24, 2.45) is 0 Å². The zero-order valence-electron chi connectivity index (χ0n) is 9.71. The lowest BCUT2D eigenvalue weighted by atomic mass is 10.1. The van der Waals surface area contributed by atoms with Crippen LogP contribution in [0.15, 0.2) is 24.3 Å². The molecule has 2 rings (SSSR count). The highest BCUT2D eigenvalue weighted by Gasteiger charge is 2.28. The normalized spacial score (nSPS) is 14.1. The molecule has 0 radical (unpaired) electrons. The Hall–Kier alpha value is -2.34. The molecule has 0 saturated carbocycles. The molecule has 0 bridgehead atoms. The summed E-state index contributed by atoms with van der Waals surface area (Å²) in [7, 11) is 1.28. The number of hydrogen-bond donors (Lipinski definition) is 1. The fourth-order valence-electron chi connectivity index (χ4n) is 1.69. The summed E-state index contributed by atoms with van der Waals surface area (Å²) < 4.78 is 4.92. The Morgan fingerprint density at radius 2 is 1.84 bits per heavy atom. The van der Waals surface area contributed by atoms with Gasteiger partial charge in [-0.15, -0.1) is 0 Å². The summed E-state index contributed by atoms with van der Waals surface area (Å²) in [5.74, 6) is -2.30. The van der Waals surface area contributed by atoms with Gasteiger partial charge in [-0.3, -0.25) is 9.59 Å². The van der Waals surface area contributed by atoms with Crippen LogP contribution in [0.1, 0.15) is 10.4 Å². The molecule has 1 aromatic rings. The van der Waals surface area contributed by atoms with Gasteiger partial charge >= 0.3 is 5.97 Å². The second kappa shape index (κ2) is 4.74. The lowest BCUT2D eigenvalue weighted by Gasteiger charge is -2.17. The van der Waals surface area contributed by atoms with Crippen molar-refractivity contribution in [2.45, 2.75) is 0 Å².